The first-order valence-corrected chi connectivity index (χ1v) is 5.15. The summed E-state index contributed by atoms with van der Waals surface area (Å²) >= 11 is 0. The van der Waals surface area contributed by atoms with Crippen LogP contribution in [0.5, 0.6) is 0 Å². The molecule has 0 fully saturated rings. The molecule has 1 unspecified atom stereocenters. The van der Waals surface area contributed by atoms with Crippen molar-refractivity contribution < 1.29 is 0 Å². The molecule has 1 N–H and O–H groups in total. The minimum atomic E-state index is 0.430. The molecule has 0 amide bonds. The SMILES string of the molecule is CCNC(C)c1cccc(N(C)C)c1. The van der Waals surface area contributed by atoms with Gasteiger partial charge in [0.05, 0.1) is 0 Å². The van der Waals surface area contributed by atoms with Crippen LogP contribution in [0.1, 0.15) is 25.5 Å². The molecule has 14 heavy (non-hydrogen) atoms. The Balaban J connectivity index is 2.82. The molecule has 0 aliphatic rings. The maximum absolute atomic E-state index is 3.41. The number of hydrogen-bond acceptors (Lipinski definition) is 2. The smallest absolute Gasteiger partial charge is 0.0364 e. The molecule has 0 saturated carbocycles. The van der Waals surface area contributed by atoms with Gasteiger partial charge < -0.3 is 10.2 Å². The largest absolute Gasteiger partial charge is 0.378 e. The lowest BCUT2D eigenvalue weighted by atomic mass is 10.1. The van der Waals surface area contributed by atoms with E-state index in [4.69, 9.17) is 0 Å². The van der Waals surface area contributed by atoms with Gasteiger partial charge in [0.1, 0.15) is 0 Å². The van der Waals surface area contributed by atoms with Crippen LogP contribution < -0.4 is 10.2 Å². The molecule has 2 nitrogen and oxygen atoms in total. The molecule has 0 saturated heterocycles. The molecule has 2 heteroatoms. The monoisotopic (exact) mass is 192 g/mol. The van der Waals surface area contributed by atoms with Crippen LogP contribution in [0.4, 0.5) is 5.69 Å². The number of benzene rings is 1. The molecule has 0 aromatic heterocycles. The molecule has 78 valence electrons. The fourth-order valence-corrected chi connectivity index (χ4v) is 1.50. The van der Waals surface area contributed by atoms with Crippen LogP contribution in [0, 0.1) is 0 Å². The van der Waals surface area contributed by atoms with Crippen molar-refractivity contribution in [3.8, 4) is 0 Å². The Hall–Kier alpha value is -1.02. The van der Waals surface area contributed by atoms with Crippen LogP contribution in [0.2, 0.25) is 0 Å². The van der Waals surface area contributed by atoms with Crippen LogP contribution in [-0.2, 0) is 0 Å². The fourth-order valence-electron chi connectivity index (χ4n) is 1.50. The minimum Gasteiger partial charge on any atom is -0.378 e. The predicted octanol–water partition coefficient (Wildman–Crippen LogP) is 2.42. The first-order valence-electron chi connectivity index (χ1n) is 5.15. The lowest BCUT2D eigenvalue weighted by molar-refractivity contribution is 0.598. The van der Waals surface area contributed by atoms with E-state index in [1.807, 2.05) is 0 Å². The zero-order chi connectivity index (χ0) is 10.6. The average Bonchev–Trinajstić information content (AvgIpc) is 2.18. The maximum atomic E-state index is 3.41. The molecule has 1 aromatic rings. The normalized spacial score (nSPS) is 12.6. The highest BCUT2D eigenvalue weighted by Crippen LogP contribution is 2.18. The topological polar surface area (TPSA) is 15.3 Å². The first kappa shape index (κ1) is 11.1. The third-order valence-corrected chi connectivity index (χ3v) is 2.40. The van der Waals surface area contributed by atoms with Crippen molar-refractivity contribution in [1.82, 2.24) is 5.32 Å². The molecule has 0 aliphatic carbocycles. The molecule has 0 spiro atoms. The van der Waals surface area contributed by atoms with Crippen molar-refractivity contribution in [2.24, 2.45) is 0 Å². The molecule has 0 heterocycles. The van der Waals surface area contributed by atoms with Gasteiger partial charge in [-0.05, 0) is 31.2 Å². The van der Waals surface area contributed by atoms with Crippen molar-refractivity contribution >= 4 is 5.69 Å². The molecule has 1 aromatic carbocycles. The highest BCUT2D eigenvalue weighted by atomic mass is 15.1. The van der Waals surface area contributed by atoms with Gasteiger partial charge in [0.15, 0.2) is 0 Å². The van der Waals surface area contributed by atoms with E-state index in [1.165, 1.54) is 11.3 Å². The summed E-state index contributed by atoms with van der Waals surface area (Å²) in [5, 5.41) is 3.41. The highest BCUT2D eigenvalue weighted by Gasteiger charge is 2.04. The standard InChI is InChI=1S/C12H20N2/c1-5-13-10(2)11-7-6-8-12(9-11)14(3)4/h6-10,13H,5H2,1-4H3. The Morgan fingerprint density at radius 2 is 2.07 bits per heavy atom. The molecule has 0 radical (unpaired) electrons. The Morgan fingerprint density at radius 1 is 1.36 bits per heavy atom. The van der Waals surface area contributed by atoms with Crippen molar-refractivity contribution in [1.29, 1.82) is 0 Å². The Morgan fingerprint density at radius 3 is 2.64 bits per heavy atom. The Labute approximate surface area is 86.9 Å². The lowest BCUT2D eigenvalue weighted by Crippen LogP contribution is -2.18. The number of rotatable bonds is 4. The van der Waals surface area contributed by atoms with E-state index in [2.05, 4.69) is 62.4 Å². The summed E-state index contributed by atoms with van der Waals surface area (Å²) < 4.78 is 0. The maximum Gasteiger partial charge on any atom is 0.0364 e. The molecule has 1 atom stereocenters. The molecular weight excluding hydrogens is 172 g/mol. The average molecular weight is 192 g/mol. The molecular formula is C12H20N2. The van der Waals surface area contributed by atoms with E-state index < -0.39 is 0 Å². The van der Waals surface area contributed by atoms with Gasteiger partial charge >= 0.3 is 0 Å². The summed E-state index contributed by atoms with van der Waals surface area (Å²) in [6, 6.07) is 9.06. The first-order chi connectivity index (χ1) is 6.65. The van der Waals surface area contributed by atoms with Gasteiger partial charge in [-0.15, -0.1) is 0 Å². The lowest BCUT2D eigenvalue weighted by Gasteiger charge is -2.17. The zero-order valence-corrected chi connectivity index (χ0v) is 9.54. The van der Waals surface area contributed by atoms with Crippen molar-refractivity contribution in [3.63, 3.8) is 0 Å². The third-order valence-electron chi connectivity index (χ3n) is 2.40. The second kappa shape index (κ2) is 5.01. The molecule has 1 rings (SSSR count). The van der Waals surface area contributed by atoms with Gasteiger partial charge in [-0.1, -0.05) is 19.1 Å². The van der Waals surface area contributed by atoms with Gasteiger partial charge in [-0.3, -0.25) is 0 Å². The van der Waals surface area contributed by atoms with Crippen LogP contribution >= 0.6 is 0 Å². The summed E-state index contributed by atoms with van der Waals surface area (Å²) in [6.07, 6.45) is 0. The highest BCUT2D eigenvalue weighted by molar-refractivity contribution is 5.47. The second-order valence-corrected chi connectivity index (χ2v) is 3.77. The van der Waals surface area contributed by atoms with E-state index in [1.54, 1.807) is 0 Å². The van der Waals surface area contributed by atoms with Gasteiger partial charge in [-0.2, -0.15) is 0 Å². The Bertz CT molecular complexity index is 281. The number of hydrogen-bond donors (Lipinski definition) is 1. The third kappa shape index (κ3) is 2.74. The van der Waals surface area contributed by atoms with Crippen LogP contribution in [0.15, 0.2) is 24.3 Å². The predicted molar refractivity (Wildman–Crippen MR) is 62.9 cm³/mol. The van der Waals surface area contributed by atoms with E-state index >= 15 is 0 Å². The van der Waals surface area contributed by atoms with Gasteiger partial charge in [0.2, 0.25) is 0 Å². The van der Waals surface area contributed by atoms with E-state index in [0.29, 0.717) is 6.04 Å². The number of anilines is 1. The second-order valence-electron chi connectivity index (χ2n) is 3.77. The van der Waals surface area contributed by atoms with E-state index in [-0.39, 0.29) is 0 Å². The quantitative estimate of drug-likeness (QED) is 0.788. The van der Waals surface area contributed by atoms with Gasteiger partial charge in [-0.25, -0.2) is 0 Å². The summed E-state index contributed by atoms with van der Waals surface area (Å²) in [7, 11) is 4.13. The van der Waals surface area contributed by atoms with Crippen molar-refractivity contribution in [3.05, 3.63) is 29.8 Å². The molecule has 0 bridgehead atoms. The summed E-state index contributed by atoms with van der Waals surface area (Å²) in [5.41, 5.74) is 2.60. The Kier molecular flexibility index (Phi) is 3.96. The van der Waals surface area contributed by atoms with Crippen LogP contribution in [0.25, 0.3) is 0 Å². The van der Waals surface area contributed by atoms with Gasteiger partial charge in [0, 0.05) is 25.8 Å². The number of nitrogens with one attached hydrogen (secondary N) is 1. The van der Waals surface area contributed by atoms with Crippen molar-refractivity contribution in [2.45, 2.75) is 19.9 Å². The summed E-state index contributed by atoms with van der Waals surface area (Å²) in [5.74, 6) is 0. The summed E-state index contributed by atoms with van der Waals surface area (Å²) in [4.78, 5) is 2.13. The van der Waals surface area contributed by atoms with Crippen LogP contribution in [0.3, 0.4) is 0 Å². The van der Waals surface area contributed by atoms with E-state index in [9.17, 15) is 0 Å². The minimum absolute atomic E-state index is 0.430. The van der Waals surface area contributed by atoms with Crippen molar-refractivity contribution in [2.75, 3.05) is 25.5 Å². The summed E-state index contributed by atoms with van der Waals surface area (Å²) in [6.45, 7) is 5.33. The zero-order valence-electron chi connectivity index (χ0n) is 9.54. The number of nitrogens with zero attached hydrogens (tertiary/aromatic N) is 1. The van der Waals surface area contributed by atoms with Crippen LogP contribution in [-0.4, -0.2) is 20.6 Å². The molecule has 0 aliphatic heterocycles. The van der Waals surface area contributed by atoms with E-state index in [0.717, 1.165) is 6.54 Å². The van der Waals surface area contributed by atoms with Gasteiger partial charge in [0.25, 0.3) is 0 Å². The fraction of sp³-hybridized carbons (Fsp3) is 0.500.